The van der Waals surface area contributed by atoms with Gasteiger partial charge >= 0.3 is 12.1 Å². The highest BCUT2D eigenvalue weighted by atomic mass is 19.4. The van der Waals surface area contributed by atoms with Crippen molar-refractivity contribution in [2.45, 2.75) is 24.7 Å². The number of carbonyl (C=O) groups is 2. The van der Waals surface area contributed by atoms with Crippen LogP contribution in [-0.2, 0) is 4.79 Å². The molecule has 25 heavy (non-hydrogen) atoms. The van der Waals surface area contributed by atoms with Crippen LogP contribution < -0.4 is 5.32 Å². The number of hydrogen-bond acceptors (Lipinski definition) is 5. The van der Waals surface area contributed by atoms with Gasteiger partial charge in [0.05, 0.1) is 5.69 Å². The Bertz CT molecular complexity index is 774. The number of hydrogen-bond donors (Lipinski definition) is 3. The molecule has 8 nitrogen and oxygen atoms in total. The van der Waals surface area contributed by atoms with E-state index in [9.17, 15) is 27.9 Å². The molecule has 0 aliphatic carbocycles. The van der Waals surface area contributed by atoms with Crippen molar-refractivity contribution in [3.8, 4) is 5.69 Å². The first-order chi connectivity index (χ1) is 11.5. The molecule has 134 valence electrons. The molecule has 2 rings (SSSR count). The van der Waals surface area contributed by atoms with Crippen molar-refractivity contribution in [3.63, 3.8) is 0 Å². The number of aromatic nitrogens is 3. The molecule has 1 aromatic carbocycles. The lowest BCUT2D eigenvalue weighted by molar-refractivity contribution is -0.262. The lowest BCUT2D eigenvalue weighted by Gasteiger charge is -2.31. The maximum Gasteiger partial charge on any atom is 0.419 e. The number of halogens is 3. The van der Waals surface area contributed by atoms with Gasteiger partial charge in [-0.25, -0.2) is 14.5 Å². The summed E-state index contributed by atoms with van der Waals surface area (Å²) in [7, 11) is 0. The second-order valence-corrected chi connectivity index (χ2v) is 5.24. The van der Waals surface area contributed by atoms with Gasteiger partial charge in [0, 0.05) is 0 Å². The van der Waals surface area contributed by atoms with Crippen LogP contribution in [0, 0.1) is 0 Å². The Balaban J connectivity index is 2.23. The summed E-state index contributed by atoms with van der Waals surface area (Å²) in [6.45, 7) is 0.252. The van der Waals surface area contributed by atoms with E-state index < -0.39 is 35.5 Å². The van der Waals surface area contributed by atoms with Crippen LogP contribution in [0.5, 0.6) is 0 Å². The second-order valence-electron chi connectivity index (χ2n) is 5.24. The van der Waals surface area contributed by atoms with E-state index in [2.05, 4.69) is 10.1 Å². The van der Waals surface area contributed by atoms with Crippen LogP contribution in [-0.4, -0.2) is 54.7 Å². The zero-order valence-electron chi connectivity index (χ0n) is 12.7. The lowest BCUT2D eigenvalue weighted by Crippen LogP contribution is -2.62. The zero-order valence-corrected chi connectivity index (χ0v) is 12.7. The van der Waals surface area contributed by atoms with E-state index in [0.717, 1.165) is 6.33 Å². The summed E-state index contributed by atoms with van der Waals surface area (Å²) in [4.78, 5) is 26.7. The number of aliphatic hydroxyl groups is 1. The predicted molar refractivity (Wildman–Crippen MR) is 76.9 cm³/mol. The van der Waals surface area contributed by atoms with Crippen molar-refractivity contribution in [2.75, 3.05) is 0 Å². The molecule has 11 heteroatoms. The van der Waals surface area contributed by atoms with E-state index in [4.69, 9.17) is 5.11 Å². The molecular formula is C14H13F3N4O4. The van der Waals surface area contributed by atoms with E-state index >= 15 is 0 Å². The van der Waals surface area contributed by atoms with E-state index in [0.29, 0.717) is 5.69 Å². The van der Waals surface area contributed by atoms with Crippen LogP contribution >= 0.6 is 0 Å². The van der Waals surface area contributed by atoms with Gasteiger partial charge in [-0.1, -0.05) is 18.2 Å². The number of nitrogens with one attached hydrogen (secondary N) is 1. The van der Waals surface area contributed by atoms with Crippen LogP contribution in [0.2, 0.25) is 0 Å². The fourth-order valence-electron chi connectivity index (χ4n) is 1.87. The lowest BCUT2D eigenvalue weighted by atomic mass is 9.95. The summed E-state index contributed by atoms with van der Waals surface area (Å²) in [6.07, 6.45) is -4.14. The smallest absolute Gasteiger partial charge is 0.419 e. The van der Waals surface area contributed by atoms with Crippen molar-refractivity contribution in [2.24, 2.45) is 0 Å². The summed E-state index contributed by atoms with van der Waals surface area (Å²) >= 11 is 0. The number of amides is 1. The first-order valence-corrected chi connectivity index (χ1v) is 6.84. The Hall–Kier alpha value is -2.95. The average Bonchev–Trinajstić information content (AvgIpc) is 3.01. The highest BCUT2D eigenvalue weighted by molar-refractivity contribution is 5.93. The summed E-state index contributed by atoms with van der Waals surface area (Å²) in [5.41, 5.74) is -3.15. The Morgan fingerprint density at radius 3 is 2.36 bits per heavy atom. The van der Waals surface area contributed by atoms with E-state index in [1.165, 1.54) is 4.68 Å². The summed E-state index contributed by atoms with van der Waals surface area (Å²) < 4.78 is 39.7. The Morgan fingerprint density at radius 2 is 1.84 bits per heavy atom. The number of rotatable bonds is 5. The molecule has 0 radical (unpaired) electrons. The molecule has 0 saturated carbocycles. The third-order valence-corrected chi connectivity index (χ3v) is 3.37. The number of alkyl halides is 3. The molecule has 1 heterocycles. The molecule has 0 spiro atoms. The van der Waals surface area contributed by atoms with Gasteiger partial charge in [0.15, 0.2) is 11.6 Å². The topological polar surface area (TPSA) is 117 Å². The molecule has 2 atom stereocenters. The fraction of sp³-hybridized carbons (Fsp3) is 0.286. The minimum absolute atomic E-state index is 0.252. The maximum atomic E-state index is 12.8. The molecule has 1 aromatic heterocycles. The largest absolute Gasteiger partial charge is 0.480 e. The first-order valence-electron chi connectivity index (χ1n) is 6.84. The van der Waals surface area contributed by atoms with E-state index in [1.807, 2.05) is 0 Å². The number of para-hydroxylation sites is 1. The zero-order chi connectivity index (χ0) is 18.8. The standard InChI is InChI=1S/C14H13F3N4O4/c1-13(25,14(15,16)17)9(12(23)24)19-11(22)10-18-7-21(20-10)8-5-3-2-4-6-8/h2-7,9,25H,1H3,(H,19,22)(H,23,24). The van der Waals surface area contributed by atoms with Crippen molar-refractivity contribution >= 4 is 11.9 Å². The van der Waals surface area contributed by atoms with Crippen LogP contribution in [0.3, 0.4) is 0 Å². The average molecular weight is 358 g/mol. The number of carbonyl (C=O) groups excluding carboxylic acids is 1. The Kier molecular flexibility index (Phi) is 4.79. The Labute approximate surface area is 138 Å². The van der Waals surface area contributed by atoms with Gasteiger partial charge in [-0.2, -0.15) is 13.2 Å². The molecule has 0 aliphatic rings. The van der Waals surface area contributed by atoms with Gasteiger partial charge in [-0.05, 0) is 19.1 Å². The Morgan fingerprint density at radius 1 is 1.24 bits per heavy atom. The molecule has 3 N–H and O–H groups in total. The number of carboxylic acid groups (broad SMARTS) is 1. The fourth-order valence-corrected chi connectivity index (χ4v) is 1.87. The van der Waals surface area contributed by atoms with Crippen molar-refractivity contribution < 1.29 is 33.0 Å². The molecule has 0 aliphatic heterocycles. The van der Waals surface area contributed by atoms with E-state index in [1.54, 1.807) is 35.6 Å². The third-order valence-electron chi connectivity index (χ3n) is 3.37. The van der Waals surface area contributed by atoms with Gasteiger partial charge < -0.3 is 15.5 Å². The highest BCUT2D eigenvalue weighted by Gasteiger charge is 2.58. The number of benzene rings is 1. The SMILES string of the molecule is CC(O)(C(NC(=O)c1ncn(-c2ccccc2)n1)C(=O)O)C(F)(F)F. The number of aliphatic carboxylic acids is 1. The molecule has 2 aromatic rings. The van der Waals surface area contributed by atoms with Gasteiger partial charge in [0.25, 0.3) is 5.91 Å². The molecular weight excluding hydrogens is 345 g/mol. The minimum atomic E-state index is -5.28. The number of carboxylic acids is 1. The van der Waals surface area contributed by atoms with Gasteiger partial charge in [-0.15, -0.1) is 5.10 Å². The molecule has 0 fully saturated rings. The van der Waals surface area contributed by atoms with Gasteiger partial charge in [-0.3, -0.25) is 4.79 Å². The summed E-state index contributed by atoms with van der Waals surface area (Å²) in [5.74, 6) is -3.88. The first kappa shape index (κ1) is 18.4. The molecule has 2 unspecified atom stereocenters. The second kappa shape index (κ2) is 6.51. The molecule has 0 saturated heterocycles. The van der Waals surface area contributed by atoms with E-state index in [-0.39, 0.29) is 6.92 Å². The molecule has 1 amide bonds. The van der Waals surface area contributed by atoms with Gasteiger partial charge in [0.2, 0.25) is 5.82 Å². The highest BCUT2D eigenvalue weighted by Crippen LogP contribution is 2.33. The quantitative estimate of drug-likeness (QED) is 0.727. The number of nitrogens with zero attached hydrogens (tertiary/aromatic N) is 3. The van der Waals surface area contributed by atoms with Gasteiger partial charge in [0.1, 0.15) is 6.33 Å². The van der Waals surface area contributed by atoms with Crippen LogP contribution in [0.1, 0.15) is 17.5 Å². The van der Waals surface area contributed by atoms with Crippen LogP contribution in [0.4, 0.5) is 13.2 Å². The molecule has 0 bridgehead atoms. The maximum absolute atomic E-state index is 12.8. The van der Waals surface area contributed by atoms with Crippen LogP contribution in [0.25, 0.3) is 5.69 Å². The summed E-state index contributed by atoms with van der Waals surface area (Å²) in [5, 5.41) is 23.8. The van der Waals surface area contributed by atoms with Crippen molar-refractivity contribution in [1.82, 2.24) is 20.1 Å². The van der Waals surface area contributed by atoms with Crippen molar-refractivity contribution in [3.05, 3.63) is 42.5 Å². The third kappa shape index (κ3) is 3.76. The monoisotopic (exact) mass is 358 g/mol. The predicted octanol–water partition coefficient (Wildman–Crippen LogP) is 0.764. The normalized spacial score (nSPS) is 15.2. The summed E-state index contributed by atoms with van der Waals surface area (Å²) in [6, 6.07) is 5.78. The van der Waals surface area contributed by atoms with Crippen molar-refractivity contribution in [1.29, 1.82) is 0 Å². The van der Waals surface area contributed by atoms with Crippen LogP contribution in [0.15, 0.2) is 36.7 Å². The minimum Gasteiger partial charge on any atom is -0.480 e.